The normalized spacial score (nSPS) is 10.8. The number of hydrogen-bond acceptors (Lipinski definition) is 4. The van der Waals surface area contributed by atoms with E-state index in [0.717, 1.165) is 36.5 Å². The van der Waals surface area contributed by atoms with Crippen LogP contribution >= 0.6 is 0 Å². The first-order valence-corrected chi connectivity index (χ1v) is 9.17. The highest BCUT2D eigenvalue weighted by Gasteiger charge is 2.05. The molecule has 0 atom stereocenters. The Balaban J connectivity index is 1.78. The SMILES string of the molecule is CCN(CC)CCOc1ccc(CNC(=O)c2ccc(CN)cc2)cc1. The van der Waals surface area contributed by atoms with Gasteiger partial charge >= 0.3 is 0 Å². The lowest BCUT2D eigenvalue weighted by molar-refractivity contribution is 0.0951. The second-order valence-electron chi connectivity index (χ2n) is 6.10. The molecule has 5 nitrogen and oxygen atoms in total. The van der Waals surface area contributed by atoms with Gasteiger partial charge < -0.3 is 20.7 Å². The van der Waals surface area contributed by atoms with Crippen LogP contribution in [0.15, 0.2) is 48.5 Å². The van der Waals surface area contributed by atoms with Gasteiger partial charge in [-0.15, -0.1) is 0 Å². The van der Waals surface area contributed by atoms with Gasteiger partial charge in [0, 0.05) is 25.2 Å². The maximum absolute atomic E-state index is 12.2. The number of amides is 1. The van der Waals surface area contributed by atoms with Crippen LogP contribution in [0, 0.1) is 0 Å². The zero-order chi connectivity index (χ0) is 18.8. The first kappa shape index (κ1) is 19.9. The number of carbonyl (C=O) groups is 1. The molecule has 3 N–H and O–H groups in total. The summed E-state index contributed by atoms with van der Waals surface area (Å²) in [5, 5.41) is 2.93. The third kappa shape index (κ3) is 6.17. The number of benzene rings is 2. The van der Waals surface area contributed by atoms with Crippen molar-refractivity contribution in [3.63, 3.8) is 0 Å². The minimum Gasteiger partial charge on any atom is -0.492 e. The van der Waals surface area contributed by atoms with E-state index in [1.54, 1.807) is 12.1 Å². The fraction of sp³-hybridized carbons (Fsp3) is 0.381. The van der Waals surface area contributed by atoms with Crippen LogP contribution in [0.1, 0.15) is 35.3 Å². The number of nitrogens with two attached hydrogens (primary N) is 1. The predicted molar refractivity (Wildman–Crippen MR) is 105 cm³/mol. The lowest BCUT2D eigenvalue weighted by Crippen LogP contribution is -2.27. The average Bonchev–Trinajstić information content (AvgIpc) is 2.70. The molecular weight excluding hydrogens is 326 g/mol. The summed E-state index contributed by atoms with van der Waals surface area (Å²) in [6.07, 6.45) is 0. The molecule has 5 heteroatoms. The van der Waals surface area contributed by atoms with E-state index < -0.39 is 0 Å². The minimum absolute atomic E-state index is 0.0897. The Morgan fingerprint density at radius 1 is 1.00 bits per heavy atom. The number of carbonyl (C=O) groups excluding carboxylic acids is 1. The van der Waals surface area contributed by atoms with Crippen LogP contribution in [-0.4, -0.2) is 37.0 Å². The monoisotopic (exact) mass is 355 g/mol. The Morgan fingerprint density at radius 2 is 1.62 bits per heavy atom. The molecule has 0 aliphatic rings. The van der Waals surface area contributed by atoms with Gasteiger partial charge in [-0.3, -0.25) is 4.79 Å². The first-order chi connectivity index (χ1) is 12.7. The van der Waals surface area contributed by atoms with E-state index in [2.05, 4.69) is 24.1 Å². The third-order valence-electron chi connectivity index (χ3n) is 4.40. The number of ether oxygens (including phenoxy) is 1. The van der Waals surface area contributed by atoms with Gasteiger partial charge in [0.05, 0.1) is 0 Å². The van der Waals surface area contributed by atoms with Crippen molar-refractivity contribution in [2.45, 2.75) is 26.9 Å². The van der Waals surface area contributed by atoms with Crippen LogP contribution in [0.3, 0.4) is 0 Å². The molecule has 1 amide bonds. The third-order valence-corrected chi connectivity index (χ3v) is 4.40. The minimum atomic E-state index is -0.0897. The van der Waals surface area contributed by atoms with Crippen molar-refractivity contribution in [3.8, 4) is 5.75 Å². The highest BCUT2D eigenvalue weighted by atomic mass is 16.5. The topological polar surface area (TPSA) is 67.6 Å². The fourth-order valence-corrected chi connectivity index (χ4v) is 2.61. The first-order valence-electron chi connectivity index (χ1n) is 9.17. The van der Waals surface area contributed by atoms with Crippen LogP contribution in [0.25, 0.3) is 0 Å². The quantitative estimate of drug-likeness (QED) is 0.688. The Labute approximate surface area is 156 Å². The van der Waals surface area contributed by atoms with Crippen molar-refractivity contribution >= 4 is 5.91 Å². The molecule has 140 valence electrons. The molecule has 0 aromatic heterocycles. The van der Waals surface area contributed by atoms with Crippen molar-refractivity contribution < 1.29 is 9.53 Å². The molecule has 0 heterocycles. The molecule has 2 aromatic carbocycles. The molecule has 0 unspecified atom stereocenters. The summed E-state index contributed by atoms with van der Waals surface area (Å²) < 4.78 is 5.77. The van der Waals surface area contributed by atoms with E-state index in [-0.39, 0.29) is 5.91 Å². The molecular formula is C21H29N3O2. The second kappa shape index (κ2) is 10.6. The molecule has 0 fully saturated rings. The Morgan fingerprint density at radius 3 is 2.19 bits per heavy atom. The van der Waals surface area contributed by atoms with Gasteiger partial charge in [-0.2, -0.15) is 0 Å². The number of rotatable bonds is 10. The maximum Gasteiger partial charge on any atom is 0.251 e. The fourth-order valence-electron chi connectivity index (χ4n) is 2.61. The molecule has 0 saturated carbocycles. The predicted octanol–water partition coefficient (Wildman–Crippen LogP) is 2.80. The smallest absolute Gasteiger partial charge is 0.251 e. The van der Waals surface area contributed by atoms with Crippen molar-refractivity contribution in [1.82, 2.24) is 10.2 Å². The Kier molecular flexibility index (Phi) is 8.12. The maximum atomic E-state index is 12.2. The van der Waals surface area contributed by atoms with Gasteiger partial charge in [-0.25, -0.2) is 0 Å². The van der Waals surface area contributed by atoms with Crippen LogP contribution in [0.5, 0.6) is 5.75 Å². The Hall–Kier alpha value is -2.37. The van der Waals surface area contributed by atoms with Crippen LogP contribution in [0.2, 0.25) is 0 Å². The number of likely N-dealkylation sites (N-methyl/N-ethyl adjacent to an activating group) is 1. The summed E-state index contributed by atoms with van der Waals surface area (Å²) in [6, 6.07) is 15.2. The highest BCUT2D eigenvalue weighted by molar-refractivity contribution is 5.94. The van der Waals surface area contributed by atoms with E-state index in [0.29, 0.717) is 25.3 Å². The van der Waals surface area contributed by atoms with E-state index >= 15 is 0 Å². The molecule has 0 aliphatic heterocycles. The van der Waals surface area contributed by atoms with Gasteiger partial charge in [-0.1, -0.05) is 38.1 Å². The molecule has 2 rings (SSSR count). The molecule has 0 radical (unpaired) electrons. The summed E-state index contributed by atoms with van der Waals surface area (Å²) in [4.78, 5) is 14.5. The standard InChI is InChI=1S/C21H29N3O2/c1-3-24(4-2)13-14-26-20-11-7-18(8-12-20)16-23-21(25)19-9-5-17(15-22)6-10-19/h5-12H,3-4,13-16,22H2,1-2H3,(H,23,25). The van der Waals surface area contributed by atoms with Crippen LogP contribution in [0.4, 0.5) is 0 Å². The van der Waals surface area contributed by atoms with Gasteiger partial charge in [0.25, 0.3) is 5.91 Å². The van der Waals surface area contributed by atoms with E-state index in [4.69, 9.17) is 10.5 Å². The Bertz CT molecular complexity index is 665. The van der Waals surface area contributed by atoms with Crippen molar-refractivity contribution in [2.75, 3.05) is 26.2 Å². The zero-order valence-electron chi connectivity index (χ0n) is 15.7. The lowest BCUT2D eigenvalue weighted by atomic mass is 10.1. The summed E-state index contributed by atoms with van der Waals surface area (Å²) in [5.74, 6) is 0.762. The molecule has 26 heavy (non-hydrogen) atoms. The number of nitrogens with zero attached hydrogens (tertiary/aromatic N) is 1. The molecule has 0 bridgehead atoms. The molecule has 0 saturated heterocycles. The zero-order valence-corrected chi connectivity index (χ0v) is 15.7. The lowest BCUT2D eigenvalue weighted by Gasteiger charge is -2.18. The van der Waals surface area contributed by atoms with E-state index in [9.17, 15) is 4.79 Å². The van der Waals surface area contributed by atoms with E-state index in [1.165, 1.54) is 0 Å². The number of hydrogen-bond donors (Lipinski definition) is 2. The summed E-state index contributed by atoms with van der Waals surface area (Å²) in [6.45, 7) is 8.94. The molecule has 2 aromatic rings. The summed E-state index contributed by atoms with van der Waals surface area (Å²) in [5.41, 5.74) is 8.25. The molecule has 0 spiro atoms. The van der Waals surface area contributed by atoms with Gasteiger partial charge in [-0.05, 0) is 48.5 Å². The summed E-state index contributed by atoms with van der Waals surface area (Å²) >= 11 is 0. The summed E-state index contributed by atoms with van der Waals surface area (Å²) in [7, 11) is 0. The van der Waals surface area contributed by atoms with Crippen LogP contribution < -0.4 is 15.8 Å². The van der Waals surface area contributed by atoms with E-state index in [1.807, 2.05) is 36.4 Å². The largest absolute Gasteiger partial charge is 0.492 e. The van der Waals surface area contributed by atoms with Crippen molar-refractivity contribution in [1.29, 1.82) is 0 Å². The average molecular weight is 355 g/mol. The van der Waals surface area contributed by atoms with Gasteiger partial charge in [0.15, 0.2) is 0 Å². The molecule has 0 aliphatic carbocycles. The van der Waals surface area contributed by atoms with Crippen LogP contribution in [-0.2, 0) is 13.1 Å². The van der Waals surface area contributed by atoms with Crippen molar-refractivity contribution in [2.24, 2.45) is 5.73 Å². The van der Waals surface area contributed by atoms with Crippen molar-refractivity contribution in [3.05, 3.63) is 65.2 Å². The van der Waals surface area contributed by atoms with Gasteiger partial charge in [0.1, 0.15) is 12.4 Å². The number of nitrogens with one attached hydrogen (secondary N) is 1. The second-order valence-corrected chi connectivity index (χ2v) is 6.10. The van der Waals surface area contributed by atoms with Gasteiger partial charge in [0.2, 0.25) is 0 Å². The highest BCUT2D eigenvalue weighted by Crippen LogP contribution is 2.12.